The molecule has 0 spiro atoms. The molecule has 11 nitrogen and oxygen atoms in total. The number of ketones is 1. The lowest BCUT2D eigenvalue weighted by molar-refractivity contribution is -0.137. The van der Waals surface area contributed by atoms with Crippen LogP contribution >= 0.6 is 0 Å². The largest absolute Gasteiger partial charge is 0.384 e. The van der Waals surface area contributed by atoms with Crippen LogP contribution in [0.15, 0.2) is 48.5 Å². The van der Waals surface area contributed by atoms with Gasteiger partial charge in [-0.15, -0.1) is 13.2 Å². The van der Waals surface area contributed by atoms with Gasteiger partial charge in [-0.3, -0.25) is 19.2 Å². The van der Waals surface area contributed by atoms with Gasteiger partial charge in [0.25, 0.3) is 17.4 Å². The number of aldehydes is 1. The quantitative estimate of drug-likeness (QED) is 0.159. The molecule has 2 aliphatic carbocycles. The summed E-state index contributed by atoms with van der Waals surface area (Å²) in [5, 5.41) is 16.4. The third-order valence-corrected chi connectivity index (χ3v) is 9.18. The summed E-state index contributed by atoms with van der Waals surface area (Å²) in [7, 11) is 4.74. The van der Waals surface area contributed by atoms with Crippen molar-refractivity contribution in [2.45, 2.75) is 91.6 Å². The van der Waals surface area contributed by atoms with Crippen molar-refractivity contribution in [3.63, 3.8) is 0 Å². The fourth-order valence-electron chi connectivity index (χ4n) is 7.30. The number of nitrogens with one attached hydrogen (secondary N) is 3. The summed E-state index contributed by atoms with van der Waals surface area (Å²) < 4.78 is 3.33. The number of hydrogen-bond donors (Lipinski definition) is 3. The Bertz CT molecular complexity index is 1450. The van der Waals surface area contributed by atoms with Crippen LogP contribution in [0.1, 0.15) is 95.1 Å². The average Bonchev–Trinajstić information content (AvgIpc) is 3.44. The number of nitriles is 1. The first-order chi connectivity index (χ1) is 22.4. The molecule has 2 heterocycles. The number of amides is 2. The van der Waals surface area contributed by atoms with E-state index in [4.69, 9.17) is 5.26 Å². The highest BCUT2D eigenvalue weighted by atomic mass is 16.2. The molecule has 0 saturated heterocycles. The lowest BCUT2D eigenvalue weighted by atomic mass is 9.58. The van der Waals surface area contributed by atoms with Crippen LogP contribution in [0.5, 0.6) is 0 Å². The molecule has 2 bridgehead atoms. The highest BCUT2D eigenvalue weighted by molar-refractivity contribution is 6.36. The molecule has 3 atom stereocenters. The second kappa shape index (κ2) is 20.0. The Kier molecular flexibility index (Phi) is 17.3. The van der Waals surface area contributed by atoms with Crippen LogP contribution < -0.4 is 21.5 Å². The molecule has 0 radical (unpaired) electrons. The molecule has 264 valence electrons. The number of aromatic nitrogens is 2. The first kappa shape index (κ1) is 41.6. The van der Waals surface area contributed by atoms with Crippen molar-refractivity contribution in [2.75, 3.05) is 19.4 Å². The molecule has 4 rings (SSSR count). The number of aryl methyl sites for hydroxylation is 2. The lowest BCUT2D eigenvalue weighted by Gasteiger charge is -2.47. The summed E-state index contributed by atoms with van der Waals surface area (Å²) in [4.78, 5) is 57.7. The van der Waals surface area contributed by atoms with Gasteiger partial charge in [-0.05, 0) is 92.7 Å². The van der Waals surface area contributed by atoms with E-state index in [9.17, 15) is 24.0 Å². The van der Waals surface area contributed by atoms with Crippen LogP contribution in [0.3, 0.4) is 0 Å². The monoisotopic (exact) mass is 664 g/mol. The maximum atomic E-state index is 12.3. The zero-order chi connectivity index (χ0) is 35.1. The maximum absolute atomic E-state index is 12.3. The van der Waals surface area contributed by atoms with Crippen molar-refractivity contribution in [1.29, 1.82) is 5.26 Å². The molecule has 48 heavy (non-hydrogen) atoms. The van der Waals surface area contributed by atoms with E-state index in [1.807, 2.05) is 36.0 Å². The van der Waals surface area contributed by atoms with Gasteiger partial charge in [-0.25, -0.2) is 0 Å². The number of pyridine rings is 1. The molecule has 2 aromatic heterocycles. The molecule has 0 aromatic carbocycles. The van der Waals surface area contributed by atoms with Gasteiger partial charge in [0.15, 0.2) is 0 Å². The zero-order valence-electron chi connectivity index (χ0n) is 28.6. The molecule has 3 unspecified atom stereocenters. The third-order valence-electron chi connectivity index (χ3n) is 9.18. The molecule has 2 saturated carbocycles. The van der Waals surface area contributed by atoms with Crippen LogP contribution in [0.2, 0.25) is 0 Å². The Hall–Kier alpha value is -4.46. The lowest BCUT2D eigenvalue weighted by Crippen LogP contribution is -2.38. The number of hydrogen-bond acceptors (Lipinski definition) is 7. The summed E-state index contributed by atoms with van der Waals surface area (Å²) in [6, 6.07) is 6.23. The van der Waals surface area contributed by atoms with E-state index >= 15 is 0 Å². The van der Waals surface area contributed by atoms with Gasteiger partial charge >= 0.3 is 0 Å². The van der Waals surface area contributed by atoms with Crippen molar-refractivity contribution < 1.29 is 19.2 Å². The van der Waals surface area contributed by atoms with Crippen LogP contribution in [0.4, 0.5) is 5.69 Å². The van der Waals surface area contributed by atoms with Gasteiger partial charge in [0, 0.05) is 46.5 Å². The summed E-state index contributed by atoms with van der Waals surface area (Å²) in [6.07, 6.45) is 13.3. The Morgan fingerprint density at radius 3 is 2.35 bits per heavy atom. The second-order valence-electron chi connectivity index (χ2n) is 13.1. The van der Waals surface area contributed by atoms with E-state index in [-0.39, 0.29) is 31.5 Å². The van der Waals surface area contributed by atoms with Crippen LogP contribution in [-0.4, -0.2) is 53.2 Å². The minimum Gasteiger partial charge on any atom is -0.384 e. The Morgan fingerprint density at radius 1 is 1.17 bits per heavy atom. The highest BCUT2D eigenvalue weighted by Gasteiger charge is 2.40. The van der Waals surface area contributed by atoms with Crippen molar-refractivity contribution in [3.05, 3.63) is 65.4 Å². The number of nitrogens with zero attached hydrogens (tertiary/aromatic N) is 3. The maximum Gasteiger partial charge on any atom is 0.287 e. The van der Waals surface area contributed by atoms with Crippen molar-refractivity contribution >= 4 is 29.6 Å². The SMILES string of the molecule is C.C=C.CNC(=O)C(=O)CCC(C=O)NC(=O)c1cc(C#N)cn1C.CNc1cccn(CCCC2(C)CC3CC(C)CC(C3)C2)c1=O. The summed E-state index contributed by atoms with van der Waals surface area (Å²) in [5.74, 6) is 0.918. The number of rotatable bonds is 12. The molecule has 0 aliphatic heterocycles. The number of fused-ring (bicyclic) bond motifs is 2. The molecule has 11 heteroatoms. The van der Waals surface area contributed by atoms with E-state index < -0.39 is 23.6 Å². The Labute approximate surface area is 286 Å². The third kappa shape index (κ3) is 12.0. The number of likely N-dealkylation sites (N-methyl/N-ethyl adjacent to an activating group) is 1. The Morgan fingerprint density at radius 2 is 1.81 bits per heavy atom. The molecule has 3 N–H and O–H groups in total. The van der Waals surface area contributed by atoms with Crippen molar-refractivity contribution in [1.82, 2.24) is 19.8 Å². The normalized spacial score (nSPS) is 21.2. The molecular weight excluding hydrogens is 608 g/mol. The Balaban J connectivity index is 0.000000448. The number of Topliss-reactive ketones (excluding diaryl/α,β-unsaturated/α-hetero) is 1. The van der Waals surface area contributed by atoms with E-state index in [0.717, 1.165) is 30.7 Å². The van der Waals surface area contributed by atoms with Gasteiger partial charge in [-0.1, -0.05) is 21.3 Å². The fourth-order valence-corrected chi connectivity index (χ4v) is 7.30. The van der Waals surface area contributed by atoms with E-state index in [1.165, 1.54) is 62.4 Å². The summed E-state index contributed by atoms with van der Waals surface area (Å²) >= 11 is 0. The molecular formula is C37H56N6O5. The van der Waals surface area contributed by atoms with Crippen LogP contribution in [-0.2, 0) is 28.0 Å². The number of carbonyl (C=O) groups excluding carboxylic acids is 4. The van der Waals surface area contributed by atoms with Gasteiger partial charge in [0.05, 0.1) is 11.6 Å². The predicted octanol–water partition coefficient (Wildman–Crippen LogP) is 5.25. The second-order valence-corrected chi connectivity index (χ2v) is 13.1. The van der Waals surface area contributed by atoms with Crippen LogP contribution in [0.25, 0.3) is 0 Å². The van der Waals surface area contributed by atoms with Gasteiger partial charge in [-0.2, -0.15) is 5.26 Å². The predicted molar refractivity (Wildman–Crippen MR) is 191 cm³/mol. The standard InChI is InChI=1S/C20H32N2O.C14H16N4O4.C2H4.CH4/c1-15-10-16-12-17(11-15)14-20(2,13-16)7-5-9-22-8-4-6-18(21-3)19(22)23;1-16-14(22)12(20)4-3-10(8-19)17-13(21)11-5-9(6-15)7-18(11)2;1-2;/h4,6,8,15-17,21H,5,7,9-14H2,1-3H3;5,7-8,10H,3-4H2,1-2H3,(H,16,22)(H,17,21);1-2H2;1H4. The average molecular weight is 665 g/mol. The summed E-state index contributed by atoms with van der Waals surface area (Å²) in [5.41, 5.74) is 1.85. The number of carbonyl (C=O) groups is 4. The summed E-state index contributed by atoms with van der Waals surface area (Å²) in [6.45, 7) is 11.8. The van der Waals surface area contributed by atoms with Crippen molar-refractivity contribution in [3.8, 4) is 6.07 Å². The first-order valence-electron chi connectivity index (χ1n) is 16.4. The smallest absolute Gasteiger partial charge is 0.287 e. The molecule has 2 amide bonds. The molecule has 2 fully saturated rings. The van der Waals surface area contributed by atoms with E-state index in [0.29, 0.717) is 23.0 Å². The fraction of sp³-hybridized carbons (Fsp3) is 0.568. The van der Waals surface area contributed by atoms with Gasteiger partial charge in [0.2, 0.25) is 5.78 Å². The van der Waals surface area contributed by atoms with Crippen molar-refractivity contribution in [2.24, 2.45) is 30.2 Å². The van der Waals surface area contributed by atoms with Gasteiger partial charge in [0.1, 0.15) is 23.7 Å². The highest BCUT2D eigenvalue weighted by Crippen LogP contribution is 2.52. The zero-order valence-corrected chi connectivity index (χ0v) is 28.6. The molecule has 2 aliphatic rings. The topological polar surface area (TPSA) is 155 Å². The van der Waals surface area contributed by atoms with Gasteiger partial charge < -0.3 is 29.9 Å². The minimum atomic E-state index is -0.887. The van der Waals surface area contributed by atoms with E-state index in [1.54, 1.807) is 7.05 Å². The van der Waals surface area contributed by atoms with Crippen LogP contribution in [0, 0.1) is 34.5 Å². The van der Waals surface area contributed by atoms with E-state index in [2.05, 4.69) is 43.0 Å². The first-order valence-corrected chi connectivity index (χ1v) is 16.4. The molecule has 2 aromatic rings. The minimum absolute atomic E-state index is 0. The number of anilines is 1.